The highest BCUT2D eigenvalue weighted by molar-refractivity contribution is 5.77. The number of hydrogen-bond donors (Lipinski definition) is 0. The van der Waals surface area contributed by atoms with Gasteiger partial charge in [-0.05, 0) is 40.3 Å². The summed E-state index contributed by atoms with van der Waals surface area (Å²) in [4.78, 5) is 13.8. The Morgan fingerprint density at radius 3 is 2.54 bits per heavy atom. The Balaban J connectivity index is 1.52. The molecule has 0 radical (unpaired) electrons. The molecule has 1 heterocycles. The van der Waals surface area contributed by atoms with Crippen LogP contribution in [0.3, 0.4) is 0 Å². The third-order valence-corrected chi connectivity index (χ3v) is 3.50. The van der Waals surface area contributed by atoms with Gasteiger partial charge >= 0.3 is 0 Å². The minimum atomic E-state index is -0.0802. The Kier molecular flexibility index (Phi) is 4.81. The lowest BCUT2D eigenvalue weighted by Crippen LogP contribution is -2.30. The lowest BCUT2D eigenvalue weighted by atomic mass is 10.2. The van der Waals surface area contributed by atoms with Gasteiger partial charge in [0.15, 0.2) is 6.61 Å². The van der Waals surface area contributed by atoms with Crippen molar-refractivity contribution in [3.8, 4) is 11.4 Å². The second kappa shape index (κ2) is 7.36. The Labute approximate surface area is 139 Å². The summed E-state index contributed by atoms with van der Waals surface area (Å²) >= 11 is 0. The molecule has 0 saturated heterocycles. The predicted molar refractivity (Wildman–Crippen MR) is 87.6 cm³/mol. The van der Waals surface area contributed by atoms with Gasteiger partial charge in [-0.3, -0.25) is 4.79 Å². The average Bonchev–Trinajstić information content (AvgIpc) is 3.15. The standard InChI is InChI=1S/C17H17N5O2/c1-21(11-14-5-3-2-4-6-14)17(23)12-24-16-9-7-15(8-10-16)22-13-18-19-20-22/h2-10,13H,11-12H2,1H3. The van der Waals surface area contributed by atoms with Gasteiger partial charge in [-0.1, -0.05) is 30.3 Å². The number of amides is 1. The Hall–Kier alpha value is -3.22. The van der Waals surface area contributed by atoms with Crippen molar-refractivity contribution >= 4 is 5.91 Å². The molecule has 0 saturated carbocycles. The normalized spacial score (nSPS) is 10.4. The van der Waals surface area contributed by atoms with Crippen LogP contribution in [0.4, 0.5) is 0 Å². The van der Waals surface area contributed by atoms with Crippen molar-refractivity contribution in [2.24, 2.45) is 0 Å². The zero-order valence-corrected chi connectivity index (χ0v) is 13.2. The molecular formula is C17H17N5O2. The molecule has 0 unspecified atom stereocenters. The number of ether oxygens (including phenoxy) is 1. The van der Waals surface area contributed by atoms with E-state index in [1.54, 1.807) is 28.8 Å². The van der Waals surface area contributed by atoms with E-state index in [1.807, 2.05) is 42.5 Å². The maximum absolute atomic E-state index is 12.1. The predicted octanol–water partition coefficient (Wildman–Crippen LogP) is 1.70. The zero-order chi connectivity index (χ0) is 16.8. The average molecular weight is 323 g/mol. The first-order chi connectivity index (χ1) is 11.7. The molecule has 24 heavy (non-hydrogen) atoms. The number of likely N-dealkylation sites (N-methyl/N-ethyl adjacent to an activating group) is 1. The number of benzene rings is 2. The molecule has 1 aromatic heterocycles. The van der Waals surface area contributed by atoms with Gasteiger partial charge in [0.2, 0.25) is 0 Å². The van der Waals surface area contributed by atoms with E-state index in [1.165, 1.54) is 6.33 Å². The largest absolute Gasteiger partial charge is 0.484 e. The molecule has 0 bridgehead atoms. The van der Waals surface area contributed by atoms with Crippen molar-refractivity contribution in [3.05, 3.63) is 66.5 Å². The van der Waals surface area contributed by atoms with Crippen LogP contribution in [0, 0.1) is 0 Å². The SMILES string of the molecule is CN(Cc1ccccc1)C(=O)COc1ccc(-n2cnnn2)cc1. The van der Waals surface area contributed by atoms with E-state index in [9.17, 15) is 4.79 Å². The maximum atomic E-state index is 12.1. The molecule has 3 rings (SSSR count). The van der Waals surface area contributed by atoms with Crippen LogP contribution in [-0.2, 0) is 11.3 Å². The van der Waals surface area contributed by atoms with E-state index in [2.05, 4.69) is 15.5 Å². The molecule has 2 aromatic carbocycles. The van der Waals surface area contributed by atoms with Gasteiger partial charge < -0.3 is 9.64 Å². The quantitative estimate of drug-likeness (QED) is 0.690. The number of aromatic nitrogens is 4. The third-order valence-electron chi connectivity index (χ3n) is 3.50. The molecule has 122 valence electrons. The van der Waals surface area contributed by atoms with Crippen molar-refractivity contribution in [1.29, 1.82) is 0 Å². The van der Waals surface area contributed by atoms with Crippen LogP contribution < -0.4 is 4.74 Å². The monoisotopic (exact) mass is 323 g/mol. The van der Waals surface area contributed by atoms with E-state index in [4.69, 9.17) is 4.74 Å². The fourth-order valence-electron chi connectivity index (χ4n) is 2.18. The van der Waals surface area contributed by atoms with E-state index in [0.29, 0.717) is 12.3 Å². The van der Waals surface area contributed by atoms with Gasteiger partial charge in [0, 0.05) is 13.6 Å². The molecule has 0 aliphatic carbocycles. The van der Waals surface area contributed by atoms with Gasteiger partial charge in [-0.25, -0.2) is 4.68 Å². The Morgan fingerprint density at radius 1 is 1.12 bits per heavy atom. The number of carbonyl (C=O) groups excluding carboxylic acids is 1. The molecule has 0 aliphatic rings. The number of tetrazole rings is 1. The fourth-order valence-corrected chi connectivity index (χ4v) is 2.18. The van der Waals surface area contributed by atoms with Crippen molar-refractivity contribution in [2.45, 2.75) is 6.54 Å². The van der Waals surface area contributed by atoms with Crippen molar-refractivity contribution in [3.63, 3.8) is 0 Å². The van der Waals surface area contributed by atoms with Crippen molar-refractivity contribution < 1.29 is 9.53 Å². The minimum absolute atomic E-state index is 0.00639. The number of carbonyl (C=O) groups is 1. The summed E-state index contributed by atoms with van der Waals surface area (Å²) in [6.45, 7) is 0.550. The van der Waals surface area contributed by atoms with Crippen LogP contribution in [0.1, 0.15) is 5.56 Å². The van der Waals surface area contributed by atoms with Crippen LogP contribution >= 0.6 is 0 Å². The Morgan fingerprint density at radius 2 is 1.88 bits per heavy atom. The van der Waals surface area contributed by atoms with Gasteiger partial charge in [0.05, 0.1) is 5.69 Å². The smallest absolute Gasteiger partial charge is 0.260 e. The first-order valence-corrected chi connectivity index (χ1v) is 7.46. The van der Waals surface area contributed by atoms with Crippen LogP contribution in [0.2, 0.25) is 0 Å². The van der Waals surface area contributed by atoms with Crippen molar-refractivity contribution in [2.75, 3.05) is 13.7 Å². The van der Waals surface area contributed by atoms with E-state index < -0.39 is 0 Å². The molecule has 0 spiro atoms. The van der Waals surface area contributed by atoms with Gasteiger partial charge in [-0.2, -0.15) is 0 Å². The minimum Gasteiger partial charge on any atom is -0.484 e. The van der Waals surface area contributed by atoms with E-state index in [0.717, 1.165) is 11.3 Å². The lowest BCUT2D eigenvalue weighted by Gasteiger charge is -2.17. The molecule has 3 aromatic rings. The molecule has 0 aliphatic heterocycles. The van der Waals surface area contributed by atoms with Crippen LogP contribution in [0.5, 0.6) is 5.75 Å². The summed E-state index contributed by atoms with van der Waals surface area (Å²) in [7, 11) is 1.76. The number of rotatable bonds is 6. The fraction of sp³-hybridized carbons (Fsp3) is 0.176. The molecule has 0 N–H and O–H groups in total. The summed E-state index contributed by atoms with van der Waals surface area (Å²) in [5, 5.41) is 11.0. The molecular weight excluding hydrogens is 306 g/mol. The molecule has 1 amide bonds. The molecule has 7 heteroatoms. The summed E-state index contributed by atoms with van der Waals surface area (Å²) in [5.74, 6) is 0.539. The van der Waals surface area contributed by atoms with Crippen LogP contribution in [0.15, 0.2) is 60.9 Å². The van der Waals surface area contributed by atoms with Crippen LogP contribution in [-0.4, -0.2) is 44.7 Å². The van der Waals surface area contributed by atoms with E-state index >= 15 is 0 Å². The highest BCUT2D eigenvalue weighted by Gasteiger charge is 2.10. The third kappa shape index (κ3) is 3.95. The first-order valence-electron chi connectivity index (χ1n) is 7.46. The second-order valence-electron chi connectivity index (χ2n) is 5.27. The molecule has 0 fully saturated rings. The lowest BCUT2D eigenvalue weighted by molar-refractivity contribution is -0.132. The van der Waals surface area contributed by atoms with Crippen LogP contribution in [0.25, 0.3) is 5.69 Å². The summed E-state index contributed by atoms with van der Waals surface area (Å²) < 4.78 is 7.09. The summed E-state index contributed by atoms with van der Waals surface area (Å²) in [6.07, 6.45) is 1.51. The Bertz CT molecular complexity index is 773. The summed E-state index contributed by atoms with van der Waals surface area (Å²) in [5.41, 5.74) is 1.90. The van der Waals surface area contributed by atoms with E-state index in [-0.39, 0.29) is 12.5 Å². The number of hydrogen-bond acceptors (Lipinski definition) is 5. The first kappa shape index (κ1) is 15.7. The second-order valence-corrected chi connectivity index (χ2v) is 5.27. The maximum Gasteiger partial charge on any atom is 0.260 e. The summed E-state index contributed by atoms with van der Waals surface area (Å²) in [6, 6.07) is 17.0. The van der Waals surface area contributed by atoms with Gasteiger partial charge in [0.25, 0.3) is 5.91 Å². The molecule has 7 nitrogen and oxygen atoms in total. The number of nitrogens with zero attached hydrogens (tertiary/aromatic N) is 5. The van der Waals surface area contributed by atoms with Gasteiger partial charge in [0.1, 0.15) is 12.1 Å². The highest BCUT2D eigenvalue weighted by Crippen LogP contribution is 2.14. The zero-order valence-electron chi connectivity index (χ0n) is 13.2. The molecule has 0 atom stereocenters. The topological polar surface area (TPSA) is 73.1 Å². The van der Waals surface area contributed by atoms with Crippen molar-refractivity contribution in [1.82, 2.24) is 25.1 Å². The van der Waals surface area contributed by atoms with Gasteiger partial charge in [-0.15, -0.1) is 5.10 Å². The highest BCUT2D eigenvalue weighted by atomic mass is 16.5.